The van der Waals surface area contributed by atoms with E-state index in [1.54, 1.807) is 17.6 Å². The van der Waals surface area contributed by atoms with Crippen LogP contribution >= 0.6 is 11.5 Å². The summed E-state index contributed by atoms with van der Waals surface area (Å²) >= 11 is 1.62. The zero-order valence-corrected chi connectivity index (χ0v) is 11.8. The fourth-order valence-corrected chi connectivity index (χ4v) is 3.35. The molecule has 0 saturated carbocycles. The molecule has 0 atom stereocenters. The zero-order chi connectivity index (χ0) is 13.4. The molecule has 0 aromatic rings. The molecule has 2 aliphatic heterocycles. The highest BCUT2D eigenvalue weighted by Crippen LogP contribution is 2.21. The van der Waals surface area contributed by atoms with Gasteiger partial charge in [-0.05, 0) is 19.4 Å². The van der Waals surface area contributed by atoms with Crippen molar-refractivity contribution >= 4 is 11.5 Å². The van der Waals surface area contributed by atoms with E-state index in [0.29, 0.717) is 5.69 Å². The summed E-state index contributed by atoms with van der Waals surface area (Å²) in [5.74, 6) is 0. The molecule has 4 nitrogen and oxygen atoms in total. The van der Waals surface area contributed by atoms with Crippen molar-refractivity contribution < 1.29 is 0 Å². The minimum absolute atomic E-state index is 0.0324. The molecule has 0 saturated heterocycles. The van der Waals surface area contributed by atoms with Crippen LogP contribution in [0.3, 0.4) is 0 Å². The summed E-state index contributed by atoms with van der Waals surface area (Å²) in [6, 6.07) is 3.55. The normalized spacial score (nSPS) is 11.5. The number of unbranched alkanes of at least 4 members (excludes halogenated alkanes) is 1. The molecule has 2 heterocycles. The SMILES string of the molecule is CCCCn1sc2c3ncnc-3cc(=O)c=2cc1C. The molecule has 0 bridgehead atoms. The molecule has 0 amide bonds. The van der Waals surface area contributed by atoms with Crippen LogP contribution in [-0.2, 0) is 6.54 Å². The molecule has 0 radical (unpaired) electrons. The number of aryl methyl sites for hydroxylation is 2. The van der Waals surface area contributed by atoms with Gasteiger partial charge in [0.05, 0.1) is 10.2 Å². The molecule has 3 rings (SSSR count). The second-order valence-electron chi connectivity index (χ2n) is 4.69. The van der Waals surface area contributed by atoms with E-state index in [1.807, 2.05) is 13.0 Å². The minimum Gasteiger partial charge on any atom is -0.302 e. The lowest BCUT2D eigenvalue weighted by Crippen LogP contribution is -2.08. The highest BCUT2D eigenvalue weighted by atomic mass is 32.1. The molecule has 0 aromatic heterocycles. The Bertz CT molecular complexity index is 805. The Kier molecular flexibility index (Phi) is 3.06. The lowest BCUT2D eigenvalue weighted by Gasteiger charge is -2.10. The van der Waals surface area contributed by atoms with Gasteiger partial charge in [0, 0.05) is 23.5 Å². The second kappa shape index (κ2) is 4.74. The summed E-state index contributed by atoms with van der Waals surface area (Å²) in [5, 5.41) is 0.753. The lowest BCUT2D eigenvalue weighted by molar-refractivity contribution is 0.655. The Hall–Kier alpha value is -1.75. The molecule has 19 heavy (non-hydrogen) atoms. The number of nitrogens with zero attached hydrogens (tertiary/aromatic N) is 3. The second-order valence-corrected chi connectivity index (χ2v) is 5.72. The van der Waals surface area contributed by atoms with Crippen molar-refractivity contribution in [2.75, 3.05) is 0 Å². The van der Waals surface area contributed by atoms with Crippen molar-refractivity contribution in [3.8, 4) is 11.4 Å². The van der Waals surface area contributed by atoms with E-state index in [4.69, 9.17) is 0 Å². The van der Waals surface area contributed by atoms with E-state index in [0.717, 1.165) is 40.5 Å². The van der Waals surface area contributed by atoms with Gasteiger partial charge in [-0.15, -0.1) is 0 Å². The van der Waals surface area contributed by atoms with Crippen LogP contribution in [0.15, 0.2) is 23.3 Å². The summed E-state index contributed by atoms with van der Waals surface area (Å²) < 4.78 is 3.18. The number of fused-ring (bicyclic) bond motifs is 2. The maximum atomic E-state index is 12.1. The van der Waals surface area contributed by atoms with Crippen molar-refractivity contribution in [2.24, 2.45) is 0 Å². The van der Waals surface area contributed by atoms with Crippen LogP contribution < -0.4 is 5.43 Å². The van der Waals surface area contributed by atoms with Crippen LogP contribution in [0.25, 0.3) is 11.4 Å². The van der Waals surface area contributed by atoms with Crippen LogP contribution in [0.1, 0.15) is 25.5 Å². The van der Waals surface area contributed by atoms with E-state index in [1.165, 1.54) is 6.33 Å². The third kappa shape index (κ3) is 2.04. The molecule has 5 heteroatoms. The average Bonchev–Trinajstić information content (AvgIpc) is 2.85. The number of hydrogen-bond donors (Lipinski definition) is 0. The summed E-state index contributed by atoms with van der Waals surface area (Å²) in [6.07, 6.45) is 3.82. The number of aromatic nitrogens is 3. The summed E-state index contributed by atoms with van der Waals surface area (Å²) in [7, 11) is 0. The minimum atomic E-state index is 0.0324. The molecule has 0 unspecified atom stereocenters. The third-order valence-corrected chi connectivity index (χ3v) is 4.57. The highest BCUT2D eigenvalue weighted by Gasteiger charge is 2.12. The summed E-state index contributed by atoms with van der Waals surface area (Å²) in [5.41, 5.74) is 2.69. The molecule has 3 aliphatic rings. The average molecular weight is 273 g/mol. The van der Waals surface area contributed by atoms with Gasteiger partial charge in [0.25, 0.3) is 0 Å². The van der Waals surface area contributed by atoms with E-state index >= 15 is 0 Å². The van der Waals surface area contributed by atoms with Crippen molar-refractivity contribution in [3.63, 3.8) is 0 Å². The quantitative estimate of drug-likeness (QED) is 0.737. The molecule has 1 aliphatic carbocycles. The fourth-order valence-electron chi connectivity index (χ4n) is 2.21. The van der Waals surface area contributed by atoms with E-state index in [2.05, 4.69) is 20.8 Å². The van der Waals surface area contributed by atoms with Gasteiger partial charge >= 0.3 is 0 Å². The molecular weight excluding hydrogens is 258 g/mol. The fraction of sp³-hybridized carbons (Fsp3) is 0.357. The van der Waals surface area contributed by atoms with Crippen LogP contribution in [0.5, 0.6) is 0 Å². The molecule has 0 N–H and O–H groups in total. The van der Waals surface area contributed by atoms with Crippen molar-refractivity contribution in [3.05, 3.63) is 44.1 Å². The van der Waals surface area contributed by atoms with Gasteiger partial charge in [-0.1, -0.05) is 24.9 Å². The number of imidazole rings is 1. The Morgan fingerprint density at radius 2 is 2.16 bits per heavy atom. The topological polar surface area (TPSA) is 47.8 Å². The van der Waals surface area contributed by atoms with E-state index in [9.17, 15) is 4.79 Å². The molecular formula is C14H15N3OS. The van der Waals surface area contributed by atoms with E-state index < -0.39 is 0 Å². The Morgan fingerprint density at radius 1 is 1.32 bits per heavy atom. The van der Waals surface area contributed by atoms with E-state index in [-0.39, 0.29) is 5.43 Å². The first-order valence-electron chi connectivity index (χ1n) is 6.46. The van der Waals surface area contributed by atoms with Gasteiger partial charge in [-0.25, -0.2) is 9.97 Å². The van der Waals surface area contributed by atoms with Gasteiger partial charge < -0.3 is 3.96 Å². The number of hydrogen-bond acceptors (Lipinski definition) is 4. The largest absolute Gasteiger partial charge is 0.302 e. The predicted molar refractivity (Wildman–Crippen MR) is 75.7 cm³/mol. The summed E-state index contributed by atoms with van der Waals surface area (Å²) in [4.78, 5) is 20.5. The Balaban J connectivity index is 2.34. The first kappa shape index (κ1) is 12.3. The maximum absolute atomic E-state index is 12.1. The Morgan fingerprint density at radius 3 is 2.95 bits per heavy atom. The third-order valence-electron chi connectivity index (χ3n) is 3.28. The molecule has 98 valence electrons. The van der Waals surface area contributed by atoms with Crippen molar-refractivity contribution in [1.29, 1.82) is 0 Å². The smallest absolute Gasteiger partial charge is 0.189 e. The zero-order valence-electron chi connectivity index (χ0n) is 11.0. The van der Waals surface area contributed by atoms with Crippen LogP contribution in [0.2, 0.25) is 0 Å². The van der Waals surface area contributed by atoms with Gasteiger partial charge in [-0.2, -0.15) is 0 Å². The molecule has 0 aromatic carbocycles. The van der Waals surface area contributed by atoms with Gasteiger partial charge in [0.15, 0.2) is 5.43 Å². The van der Waals surface area contributed by atoms with Crippen LogP contribution in [-0.4, -0.2) is 13.9 Å². The van der Waals surface area contributed by atoms with Gasteiger partial charge in [0.2, 0.25) is 0 Å². The van der Waals surface area contributed by atoms with Crippen molar-refractivity contribution in [2.45, 2.75) is 33.2 Å². The van der Waals surface area contributed by atoms with Crippen molar-refractivity contribution in [1.82, 2.24) is 13.9 Å². The Labute approximate surface area is 114 Å². The standard InChI is InChI=1S/C14H15N3OS/c1-3-4-5-17-9(2)6-10-12(18)7-11-13(14(10)19-17)16-8-15-11/h6-8H,3-5H2,1-2H3. The van der Waals surface area contributed by atoms with Crippen LogP contribution in [0.4, 0.5) is 0 Å². The van der Waals surface area contributed by atoms with Crippen LogP contribution in [0, 0.1) is 16.7 Å². The lowest BCUT2D eigenvalue weighted by atomic mass is 10.2. The van der Waals surface area contributed by atoms with Gasteiger partial charge in [0.1, 0.15) is 12.0 Å². The predicted octanol–water partition coefficient (Wildman–Crippen LogP) is 2.64. The summed E-state index contributed by atoms with van der Waals surface area (Å²) in [6.45, 7) is 5.21. The first-order chi connectivity index (χ1) is 9.20. The van der Waals surface area contributed by atoms with Gasteiger partial charge in [-0.3, -0.25) is 4.79 Å². The molecule has 0 spiro atoms. The molecule has 0 fully saturated rings. The number of rotatable bonds is 3. The first-order valence-corrected chi connectivity index (χ1v) is 7.23. The monoisotopic (exact) mass is 273 g/mol. The highest BCUT2D eigenvalue weighted by molar-refractivity contribution is 7.04. The maximum Gasteiger partial charge on any atom is 0.189 e.